The van der Waals surface area contributed by atoms with Crippen LogP contribution in [0.3, 0.4) is 0 Å². The van der Waals surface area contributed by atoms with Crippen LogP contribution in [-0.4, -0.2) is 30.3 Å². The number of hydrogen-bond acceptors (Lipinski definition) is 2. The normalized spacial score (nSPS) is 10.3. The van der Waals surface area contributed by atoms with Gasteiger partial charge in [-0.3, -0.25) is 9.59 Å². The van der Waals surface area contributed by atoms with E-state index < -0.39 is 0 Å². The summed E-state index contributed by atoms with van der Waals surface area (Å²) >= 11 is 5.80. The highest BCUT2D eigenvalue weighted by Crippen LogP contribution is 2.14. The van der Waals surface area contributed by atoms with Gasteiger partial charge in [0.05, 0.1) is 6.54 Å². The molecule has 2 amide bonds. The van der Waals surface area contributed by atoms with Crippen molar-refractivity contribution in [3.8, 4) is 0 Å². The van der Waals surface area contributed by atoms with Crippen LogP contribution in [0.15, 0.2) is 42.5 Å². The Hall–Kier alpha value is -2.33. The van der Waals surface area contributed by atoms with Crippen LogP contribution in [0, 0.1) is 13.8 Å². The van der Waals surface area contributed by atoms with Gasteiger partial charge in [0.1, 0.15) is 0 Å². The molecule has 23 heavy (non-hydrogen) atoms. The van der Waals surface area contributed by atoms with Crippen molar-refractivity contribution in [3.05, 3.63) is 64.2 Å². The predicted octanol–water partition coefficient (Wildman–Crippen LogP) is 3.67. The van der Waals surface area contributed by atoms with E-state index in [4.69, 9.17) is 11.6 Å². The number of aryl methyl sites for hydroxylation is 2. The number of nitrogens with zero attached hydrogens (tertiary/aromatic N) is 1. The minimum Gasteiger partial charge on any atom is -0.332 e. The maximum atomic E-state index is 12.4. The Kier molecular flexibility index (Phi) is 5.40. The highest BCUT2D eigenvalue weighted by molar-refractivity contribution is 6.30. The number of rotatable bonds is 4. The molecule has 0 aliphatic rings. The largest absolute Gasteiger partial charge is 0.332 e. The van der Waals surface area contributed by atoms with Crippen molar-refractivity contribution in [2.24, 2.45) is 0 Å². The number of hydrogen-bond donors (Lipinski definition) is 1. The molecule has 0 spiro atoms. The highest BCUT2D eigenvalue weighted by Gasteiger charge is 2.16. The SMILES string of the molecule is Cc1ccc(C(=O)N(C)CC(=O)Nc2ccc(Cl)cc2)c(C)c1. The second-order valence-electron chi connectivity index (χ2n) is 5.53. The zero-order chi connectivity index (χ0) is 17.0. The van der Waals surface area contributed by atoms with E-state index in [-0.39, 0.29) is 18.4 Å². The van der Waals surface area contributed by atoms with Gasteiger partial charge < -0.3 is 10.2 Å². The number of carbonyl (C=O) groups is 2. The smallest absolute Gasteiger partial charge is 0.254 e. The molecule has 0 bridgehead atoms. The fourth-order valence-corrected chi connectivity index (χ4v) is 2.41. The Balaban J connectivity index is 2.00. The fourth-order valence-electron chi connectivity index (χ4n) is 2.28. The number of halogens is 1. The Morgan fingerprint density at radius 1 is 1.09 bits per heavy atom. The van der Waals surface area contributed by atoms with Gasteiger partial charge >= 0.3 is 0 Å². The first-order valence-electron chi connectivity index (χ1n) is 7.25. The number of likely N-dealkylation sites (N-methyl/N-ethyl adjacent to an activating group) is 1. The molecular formula is C18H19ClN2O2. The zero-order valence-electron chi connectivity index (χ0n) is 13.4. The number of benzene rings is 2. The molecule has 2 rings (SSSR count). The molecule has 0 atom stereocenters. The monoisotopic (exact) mass is 330 g/mol. The van der Waals surface area contributed by atoms with Crippen LogP contribution in [0.1, 0.15) is 21.5 Å². The third-order valence-electron chi connectivity index (χ3n) is 3.47. The van der Waals surface area contributed by atoms with E-state index in [0.717, 1.165) is 11.1 Å². The molecule has 0 unspecified atom stereocenters. The summed E-state index contributed by atoms with van der Waals surface area (Å²) in [6.07, 6.45) is 0. The Morgan fingerprint density at radius 2 is 1.74 bits per heavy atom. The third kappa shape index (κ3) is 4.57. The zero-order valence-corrected chi connectivity index (χ0v) is 14.1. The molecule has 0 saturated heterocycles. The van der Waals surface area contributed by atoms with Gasteiger partial charge in [-0.25, -0.2) is 0 Å². The molecular weight excluding hydrogens is 312 g/mol. The molecule has 0 aliphatic heterocycles. The van der Waals surface area contributed by atoms with Gasteiger partial charge in [0, 0.05) is 23.3 Å². The topological polar surface area (TPSA) is 49.4 Å². The first kappa shape index (κ1) is 17.0. The van der Waals surface area contributed by atoms with Gasteiger partial charge in [0.25, 0.3) is 5.91 Å². The minimum absolute atomic E-state index is 0.0191. The average molecular weight is 331 g/mol. The fraction of sp³-hybridized carbons (Fsp3) is 0.222. The molecule has 4 nitrogen and oxygen atoms in total. The number of amides is 2. The van der Waals surface area contributed by atoms with Crippen molar-refractivity contribution in [1.82, 2.24) is 4.90 Å². The van der Waals surface area contributed by atoms with Crippen molar-refractivity contribution >= 4 is 29.1 Å². The maximum Gasteiger partial charge on any atom is 0.254 e. The van der Waals surface area contributed by atoms with Crippen molar-refractivity contribution < 1.29 is 9.59 Å². The van der Waals surface area contributed by atoms with E-state index in [1.54, 1.807) is 37.4 Å². The summed E-state index contributed by atoms with van der Waals surface area (Å²) < 4.78 is 0. The van der Waals surface area contributed by atoms with E-state index in [1.165, 1.54) is 4.90 Å². The lowest BCUT2D eigenvalue weighted by Gasteiger charge is -2.18. The molecule has 2 aromatic carbocycles. The lowest BCUT2D eigenvalue weighted by atomic mass is 10.0. The van der Waals surface area contributed by atoms with Crippen LogP contribution in [0.2, 0.25) is 5.02 Å². The van der Waals surface area contributed by atoms with Gasteiger partial charge in [0.15, 0.2) is 0 Å². The quantitative estimate of drug-likeness (QED) is 0.930. The van der Waals surface area contributed by atoms with Crippen LogP contribution >= 0.6 is 11.6 Å². The molecule has 0 radical (unpaired) electrons. The second kappa shape index (κ2) is 7.29. The summed E-state index contributed by atoms with van der Waals surface area (Å²) in [5.41, 5.74) is 3.26. The Labute approximate surface area is 141 Å². The minimum atomic E-state index is -0.257. The molecule has 0 aliphatic carbocycles. The van der Waals surface area contributed by atoms with Crippen LogP contribution in [0.25, 0.3) is 0 Å². The van der Waals surface area contributed by atoms with Crippen molar-refractivity contribution in [3.63, 3.8) is 0 Å². The van der Waals surface area contributed by atoms with Crippen LogP contribution < -0.4 is 5.32 Å². The average Bonchev–Trinajstić information content (AvgIpc) is 2.49. The highest BCUT2D eigenvalue weighted by atomic mass is 35.5. The summed E-state index contributed by atoms with van der Waals surface area (Å²) in [5, 5.41) is 3.34. The van der Waals surface area contributed by atoms with Crippen LogP contribution in [0.4, 0.5) is 5.69 Å². The van der Waals surface area contributed by atoms with E-state index in [9.17, 15) is 9.59 Å². The van der Waals surface area contributed by atoms with E-state index in [2.05, 4.69) is 5.32 Å². The summed E-state index contributed by atoms with van der Waals surface area (Å²) in [7, 11) is 1.61. The van der Waals surface area contributed by atoms with E-state index in [0.29, 0.717) is 16.3 Å². The molecule has 0 fully saturated rings. The molecule has 120 valence electrons. The third-order valence-corrected chi connectivity index (χ3v) is 3.72. The van der Waals surface area contributed by atoms with E-state index in [1.807, 2.05) is 26.0 Å². The lowest BCUT2D eigenvalue weighted by Crippen LogP contribution is -2.35. The first-order valence-corrected chi connectivity index (χ1v) is 7.63. The molecule has 2 aromatic rings. The predicted molar refractivity (Wildman–Crippen MR) is 93.0 cm³/mol. The summed E-state index contributed by atoms with van der Waals surface area (Å²) in [6, 6.07) is 12.5. The van der Waals surface area contributed by atoms with Crippen LogP contribution in [0.5, 0.6) is 0 Å². The molecule has 1 N–H and O–H groups in total. The Morgan fingerprint density at radius 3 is 2.35 bits per heavy atom. The lowest BCUT2D eigenvalue weighted by molar-refractivity contribution is -0.116. The van der Waals surface area contributed by atoms with Gasteiger partial charge in [-0.2, -0.15) is 0 Å². The summed E-state index contributed by atoms with van der Waals surface area (Å²) in [4.78, 5) is 25.9. The second-order valence-corrected chi connectivity index (χ2v) is 5.97. The van der Waals surface area contributed by atoms with Gasteiger partial charge in [0.2, 0.25) is 5.91 Å². The maximum absolute atomic E-state index is 12.4. The van der Waals surface area contributed by atoms with Crippen molar-refractivity contribution in [2.45, 2.75) is 13.8 Å². The summed E-state index contributed by atoms with van der Waals surface area (Å²) in [5.74, 6) is -0.429. The first-order chi connectivity index (χ1) is 10.9. The van der Waals surface area contributed by atoms with Gasteiger partial charge in [-0.05, 0) is 49.7 Å². The van der Waals surface area contributed by atoms with Crippen molar-refractivity contribution in [1.29, 1.82) is 0 Å². The molecule has 0 heterocycles. The number of carbonyl (C=O) groups excluding carboxylic acids is 2. The molecule has 5 heteroatoms. The van der Waals surface area contributed by atoms with E-state index >= 15 is 0 Å². The molecule has 0 aromatic heterocycles. The van der Waals surface area contributed by atoms with Crippen molar-refractivity contribution in [2.75, 3.05) is 18.9 Å². The number of anilines is 1. The van der Waals surface area contributed by atoms with Crippen LogP contribution in [-0.2, 0) is 4.79 Å². The van der Waals surface area contributed by atoms with Gasteiger partial charge in [-0.1, -0.05) is 29.3 Å². The number of nitrogens with one attached hydrogen (secondary N) is 1. The summed E-state index contributed by atoms with van der Waals surface area (Å²) in [6.45, 7) is 3.85. The molecule has 0 saturated carbocycles. The Bertz CT molecular complexity index is 726. The standard InChI is InChI=1S/C18H19ClN2O2/c1-12-4-9-16(13(2)10-12)18(23)21(3)11-17(22)20-15-7-5-14(19)6-8-15/h4-10H,11H2,1-3H3,(H,20,22). The van der Waals surface area contributed by atoms with Gasteiger partial charge in [-0.15, -0.1) is 0 Å².